The number of ether oxygens (including phenoxy) is 4. The number of carbonyl (C=O) groups is 7. The van der Waals surface area contributed by atoms with Crippen molar-refractivity contribution in [3.63, 3.8) is 0 Å². The molecule has 8 fully saturated rings. The van der Waals surface area contributed by atoms with E-state index in [-0.39, 0.29) is 184 Å². The minimum atomic E-state index is -1.04. The van der Waals surface area contributed by atoms with Crippen molar-refractivity contribution in [2.45, 2.75) is 378 Å². The van der Waals surface area contributed by atoms with Gasteiger partial charge in [0, 0.05) is 99.7 Å². The molecule has 12 aliphatic rings. The molecule has 20 nitrogen and oxygen atoms in total. The summed E-state index contributed by atoms with van der Waals surface area (Å²) in [4.78, 5) is 104. The van der Waals surface area contributed by atoms with Crippen LogP contribution in [0.2, 0.25) is 0 Å². The SMILES string of the molecule is CC1=CC[C@H](C(=O)N(c2cc(C#CC(C)(C)C)sc2C(=O)O)C2CCC(O)(COC3CCCC3)CC2)[C@@H](C)C1.CC1=CC[C@H](C(=O)N(c2cc(C#CC(C)(C)C)sc2C(=O)O)C2CCC3(CC2)CO3)[C@@H](C)C1.CC1=CC[C@H](C(=O)N(c2csc(C#CC(C)(C)C)c2)C2CCC(=O)CC2)[C@@H](C)C1.CC1=CC[C@H](C(=O)N(c2csc(C#CC(C)(C)C)c2)C2CCC3(CC2)CO3)[C@@H](C)C1.C[O-].O[C@H]1CCOC1.[K+]. The van der Waals surface area contributed by atoms with Gasteiger partial charge in [-0.1, -0.05) is 134 Å². The molecule has 0 aromatic carbocycles. The molecule has 5 saturated carbocycles. The van der Waals surface area contributed by atoms with Crippen LogP contribution in [0.15, 0.2) is 81.6 Å². The second-order valence-electron chi connectivity index (χ2n) is 46.1. The monoisotopic (exact) mass is 2020 g/mol. The fraction of sp³-hybridized carbons (Fsp3) is 0.661. The Morgan fingerprint density at radius 3 is 1.05 bits per heavy atom. The summed E-state index contributed by atoms with van der Waals surface area (Å²) in [6.07, 6.45) is 33.7. The molecular weight excluding hydrogens is 1860 g/mol. The Hall–Kier alpha value is -6.15. The Morgan fingerprint density at radius 1 is 0.457 bits per heavy atom. The third kappa shape index (κ3) is 33.4. The molecule has 4 aromatic rings. The van der Waals surface area contributed by atoms with Crippen LogP contribution >= 0.6 is 45.3 Å². The van der Waals surface area contributed by atoms with Gasteiger partial charge >= 0.3 is 63.3 Å². The molecule has 9 atom stereocenters. The Bertz CT molecular complexity index is 5310. The van der Waals surface area contributed by atoms with E-state index in [0.29, 0.717) is 109 Å². The van der Waals surface area contributed by atoms with Crippen molar-refractivity contribution in [1.82, 2.24) is 0 Å². The van der Waals surface area contributed by atoms with Crippen LogP contribution in [-0.2, 0) is 42.9 Å². The van der Waals surface area contributed by atoms with E-state index in [0.717, 1.165) is 181 Å². The number of hydrogen-bond acceptors (Lipinski definition) is 18. The molecule has 9 aliphatic carbocycles. The van der Waals surface area contributed by atoms with Gasteiger partial charge in [0.2, 0.25) is 23.6 Å². The van der Waals surface area contributed by atoms with E-state index < -0.39 is 17.5 Å². The van der Waals surface area contributed by atoms with Crippen LogP contribution in [0.25, 0.3) is 0 Å². The van der Waals surface area contributed by atoms with E-state index in [1.165, 1.54) is 46.5 Å². The quantitative estimate of drug-likeness (QED) is 0.0331. The van der Waals surface area contributed by atoms with Crippen molar-refractivity contribution in [2.24, 2.45) is 69.0 Å². The van der Waals surface area contributed by atoms with Crippen LogP contribution in [0.3, 0.4) is 0 Å². The topological polar surface area (TPSA) is 280 Å². The maximum absolute atomic E-state index is 14.3. The van der Waals surface area contributed by atoms with E-state index in [2.05, 4.69) is 196 Å². The van der Waals surface area contributed by atoms with Crippen LogP contribution in [-0.4, -0.2) is 155 Å². The number of thiophene rings is 4. The molecule has 3 saturated heterocycles. The van der Waals surface area contributed by atoms with Crippen molar-refractivity contribution in [3.05, 3.63) is 111 Å². The number of carbonyl (C=O) groups excluding carboxylic acids is 5. The second-order valence-corrected chi connectivity index (χ2v) is 50.0. The van der Waals surface area contributed by atoms with E-state index in [1.54, 1.807) is 33.6 Å². The van der Waals surface area contributed by atoms with E-state index in [9.17, 15) is 48.9 Å². The number of anilines is 4. The third-order valence-electron chi connectivity index (χ3n) is 29.2. The summed E-state index contributed by atoms with van der Waals surface area (Å²) >= 11 is 5.57. The molecule has 25 heteroatoms. The smallest absolute Gasteiger partial charge is 0.857 e. The standard InChI is InChI=1S/C32H45NO5S.C27H35NO4S.C26H35NO2S.C25H33NO2S.C4H8O2.CH3O.K/c1-21-10-11-26(22(2)18-21)29(34)33(27-19-25(14-15-31(3,4)5)39-28(27)30(35)36)23-12-16-32(37,17-13-23)20-38-24-8-6-7-9-24;1-17-6-7-21(18(2)14-17)24(29)28(19-8-12-27(13-9-19)16-32-27)22-15-20(10-11-26(3,4)5)33-23(22)25(30)31;1-18-6-7-23(19(2)14-18)24(28)27(20-8-12-26(13-9-20)17-29-26)21-15-22(30-16-21)10-11-25(3,4)5;1-17-6-11-23(18(2)14-17)24(28)26(19-7-9-21(27)10-8-19)20-15-22(29-16-20)12-13-25(3,4)5;5-4-1-2-6-3-4;1-2;/h10,19,22-24,26,37H,6-9,11-13,16-18,20H2,1-5H3,(H,35,36);6,15,18-19,21H,7-9,12-14,16H2,1-5H3,(H,30,31);6,15-16,19-20,23H,7-9,12-14,17H2,1-5H3;6,15-16,18-19,23H,7-11,14H2,1-5H3;4-5H,1-3H2;1H3;/q;;;;;-1;+1/t22-,23?,26-,32?;18-,19?,21-,27?;19-,20?,23-,26?;18-,23-;4-;;/m00000../s1. The Balaban J connectivity index is 0.000000187. The van der Waals surface area contributed by atoms with E-state index in [4.69, 9.17) is 29.2 Å². The first-order valence-electron chi connectivity index (χ1n) is 51.3. The molecule has 16 rings (SSSR count). The number of allylic oxidation sites excluding steroid dienone is 8. The van der Waals surface area contributed by atoms with Crippen molar-refractivity contribution in [1.29, 1.82) is 0 Å². The molecule has 4 N–H and O–H groups in total. The number of hydrogen-bond donors (Lipinski definition) is 4. The minimum Gasteiger partial charge on any atom is -0.857 e. The fourth-order valence-electron chi connectivity index (χ4n) is 21.0. The van der Waals surface area contributed by atoms with Gasteiger partial charge in [0.25, 0.3) is 0 Å². The van der Waals surface area contributed by atoms with Crippen LogP contribution < -0.4 is 76.1 Å². The zero-order chi connectivity index (χ0) is 101. The number of carboxylic acid groups (broad SMARTS) is 2. The molecule has 0 radical (unpaired) electrons. The number of aliphatic hydroxyl groups is 2. The van der Waals surface area contributed by atoms with Crippen molar-refractivity contribution >= 4 is 109 Å². The van der Waals surface area contributed by atoms with E-state index >= 15 is 0 Å². The van der Waals surface area contributed by atoms with Gasteiger partial charge in [-0.2, -0.15) is 7.11 Å². The Morgan fingerprint density at radius 2 is 0.764 bits per heavy atom. The summed E-state index contributed by atoms with van der Waals surface area (Å²) in [7, 11) is 0.750. The number of ketones is 1. The van der Waals surface area contributed by atoms with Crippen molar-refractivity contribution in [2.75, 3.05) is 59.7 Å². The van der Waals surface area contributed by atoms with Gasteiger partial charge in [0.1, 0.15) is 15.5 Å². The molecular formula is C115H159KN4O16S4. The summed E-state index contributed by atoms with van der Waals surface area (Å²) in [6.45, 7) is 45.4. The van der Waals surface area contributed by atoms with Gasteiger partial charge < -0.3 is 64.1 Å². The molecule has 7 heterocycles. The van der Waals surface area contributed by atoms with Crippen LogP contribution in [0.1, 0.15) is 364 Å². The first kappa shape index (κ1) is 116. The van der Waals surface area contributed by atoms with Gasteiger partial charge in [-0.3, -0.25) is 24.0 Å². The van der Waals surface area contributed by atoms with Crippen LogP contribution in [0, 0.1) is 116 Å². The predicted octanol–water partition coefficient (Wildman–Crippen LogP) is 20.6. The van der Waals surface area contributed by atoms with Gasteiger partial charge in [-0.15, -0.1) is 45.3 Å². The molecule has 2 spiro atoms. The Labute approximate surface area is 895 Å². The first-order valence-corrected chi connectivity index (χ1v) is 54.7. The molecule has 140 heavy (non-hydrogen) atoms. The fourth-order valence-corrected chi connectivity index (χ4v) is 24.1. The molecule has 760 valence electrons. The van der Waals surface area contributed by atoms with Crippen LogP contribution in [0.4, 0.5) is 22.7 Å². The largest absolute Gasteiger partial charge is 1.00 e. The maximum Gasteiger partial charge on any atom is 1.00 e. The van der Waals surface area contributed by atoms with Gasteiger partial charge in [-0.25, -0.2) is 9.59 Å². The number of nitrogens with zero attached hydrogens (tertiary/aromatic N) is 4. The summed E-state index contributed by atoms with van der Waals surface area (Å²) in [6, 6.07) is 8.00. The average molecular weight is 2020 g/mol. The zero-order valence-corrected chi connectivity index (χ0v) is 94.4. The molecule has 3 aliphatic heterocycles. The molecule has 4 amide bonds. The number of aromatic carboxylic acids is 2. The van der Waals surface area contributed by atoms with Gasteiger partial charge in [0.15, 0.2) is 0 Å². The van der Waals surface area contributed by atoms with Crippen LogP contribution in [0.5, 0.6) is 0 Å². The van der Waals surface area contributed by atoms with E-state index in [1.807, 2.05) is 57.4 Å². The number of Topliss-reactive ketones (excluding diaryl/α,β-unsaturated/α-hetero) is 1. The zero-order valence-electron chi connectivity index (χ0n) is 88.0. The molecule has 0 bridgehead atoms. The van der Waals surface area contributed by atoms with Crippen molar-refractivity contribution in [3.8, 4) is 47.4 Å². The maximum atomic E-state index is 14.3. The summed E-state index contributed by atoms with van der Waals surface area (Å²) in [5, 5.41) is 52.5. The van der Waals surface area contributed by atoms with Crippen molar-refractivity contribution < 1.29 is 129 Å². The number of carboxylic acids is 2. The number of amides is 4. The predicted molar refractivity (Wildman–Crippen MR) is 561 cm³/mol. The summed E-state index contributed by atoms with van der Waals surface area (Å²) < 4.78 is 22.3. The molecule has 4 aromatic heterocycles. The Kier molecular flexibility index (Phi) is 42.1. The summed E-state index contributed by atoms with van der Waals surface area (Å²) in [5.41, 5.74) is 7.15. The number of aliphatic hydroxyl groups excluding tert-OH is 1. The van der Waals surface area contributed by atoms with Gasteiger partial charge in [0.05, 0.1) is 97.7 Å². The number of epoxide rings is 2. The summed E-state index contributed by atoms with van der Waals surface area (Å²) in [5.74, 6) is 25.6. The average Bonchev–Trinajstić information content (AvgIpc) is 1.62. The second kappa shape index (κ2) is 51.0. The molecule has 0 unspecified atom stereocenters. The minimum absolute atomic E-state index is 0. The normalized spacial score (nSPS) is 27.6. The number of rotatable bonds is 17. The van der Waals surface area contributed by atoms with Gasteiger partial charge in [-0.05, 0) is 319 Å². The first-order chi connectivity index (χ1) is 65.5. The third-order valence-corrected chi connectivity index (χ3v) is 32.9.